The highest BCUT2D eigenvalue weighted by Crippen LogP contribution is 2.28. The third kappa shape index (κ3) is 4.07. The first-order valence-corrected chi connectivity index (χ1v) is 9.61. The molecule has 0 radical (unpaired) electrons. The summed E-state index contributed by atoms with van der Waals surface area (Å²) in [6, 6.07) is 14.2. The molecule has 2 amide bonds. The van der Waals surface area contributed by atoms with Crippen molar-refractivity contribution < 1.29 is 14.3 Å². The van der Waals surface area contributed by atoms with Gasteiger partial charge in [-0.2, -0.15) is 0 Å². The van der Waals surface area contributed by atoms with E-state index in [1.54, 1.807) is 42.9 Å². The Labute approximate surface area is 170 Å². The number of amides is 2. The van der Waals surface area contributed by atoms with Crippen LogP contribution in [0.25, 0.3) is 10.8 Å². The number of carbonyl (C=O) groups is 2. The van der Waals surface area contributed by atoms with E-state index in [0.717, 1.165) is 10.8 Å². The molecule has 0 aliphatic heterocycles. The van der Waals surface area contributed by atoms with Crippen molar-refractivity contribution in [2.75, 3.05) is 12.4 Å². The molecule has 0 fully saturated rings. The van der Waals surface area contributed by atoms with Gasteiger partial charge in [0.2, 0.25) is 0 Å². The van der Waals surface area contributed by atoms with Crippen LogP contribution in [0.4, 0.5) is 5.13 Å². The van der Waals surface area contributed by atoms with Crippen LogP contribution in [0.15, 0.2) is 66.3 Å². The Morgan fingerprint density at radius 1 is 0.966 bits per heavy atom. The summed E-state index contributed by atoms with van der Waals surface area (Å²) in [7, 11) is 1.54. The van der Waals surface area contributed by atoms with Gasteiger partial charge in [0.05, 0.1) is 0 Å². The topological polar surface area (TPSA) is 93.2 Å². The highest BCUT2D eigenvalue weighted by Gasteiger charge is 2.12. The number of hydrogen-bond donors (Lipinski definition) is 2. The van der Waals surface area contributed by atoms with Gasteiger partial charge in [0, 0.05) is 36.5 Å². The van der Waals surface area contributed by atoms with Crippen molar-refractivity contribution in [1.29, 1.82) is 0 Å². The van der Waals surface area contributed by atoms with E-state index in [2.05, 4.69) is 20.6 Å². The van der Waals surface area contributed by atoms with Gasteiger partial charge in [-0.05, 0) is 41.1 Å². The number of benzene rings is 2. The van der Waals surface area contributed by atoms with Gasteiger partial charge in [-0.25, -0.2) is 4.98 Å². The van der Waals surface area contributed by atoms with Crippen molar-refractivity contribution in [3.8, 4) is 11.5 Å². The Morgan fingerprint density at radius 2 is 1.83 bits per heavy atom. The number of fused-ring (bicyclic) bond motifs is 1. The third-order valence-corrected chi connectivity index (χ3v) is 4.86. The molecule has 0 spiro atoms. The minimum Gasteiger partial charge on any atom is -0.457 e. The number of ether oxygens (including phenoxy) is 1. The van der Waals surface area contributed by atoms with Crippen LogP contribution >= 0.6 is 11.3 Å². The van der Waals surface area contributed by atoms with Crippen molar-refractivity contribution in [2.24, 2.45) is 0 Å². The predicted molar refractivity (Wildman–Crippen MR) is 112 cm³/mol. The first-order chi connectivity index (χ1) is 14.1. The number of rotatable bonds is 5. The zero-order valence-electron chi connectivity index (χ0n) is 15.4. The summed E-state index contributed by atoms with van der Waals surface area (Å²) < 4.78 is 5.88. The summed E-state index contributed by atoms with van der Waals surface area (Å²) >= 11 is 1.36. The molecule has 0 aliphatic rings. The smallest absolute Gasteiger partial charge is 0.269 e. The summed E-state index contributed by atoms with van der Waals surface area (Å²) in [6.45, 7) is 0. The van der Waals surface area contributed by atoms with Crippen LogP contribution in [0.2, 0.25) is 0 Å². The zero-order valence-corrected chi connectivity index (χ0v) is 16.2. The van der Waals surface area contributed by atoms with Crippen LogP contribution in [0.5, 0.6) is 11.5 Å². The molecule has 0 bridgehead atoms. The lowest BCUT2D eigenvalue weighted by Gasteiger charge is -2.10. The van der Waals surface area contributed by atoms with Crippen molar-refractivity contribution in [1.82, 2.24) is 15.3 Å². The van der Waals surface area contributed by atoms with Gasteiger partial charge in [0.25, 0.3) is 11.8 Å². The molecule has 0 saturated heterocycles. The van der Waals surface area contributed by atoms with Gasteiger partial charge in [-0.3, -0.25) is 19.9 Å². The summed E-state index contributed by atoms with van der Waals surface area (Å²) in [6.07, 6.45) is 3.16. The van der Waals surface area contributed by atoms with Crippen molar-refractivity contribution >= 4 is 39.1 Å². The van der Waals surface area contributed by atoms with E-state index >= 15 is 0 Å². The molecule has 0 aliphatic carbocycles. The minimum absolute atomic E-state index is 0.219. The van der Waals surface area contributed by atoms with E-state index in [4.69, 9.17) is 4.74 Å². The second-order valence-corrected chi connectivity index (χ2v) is 6.93. The number of hydrogen-bond acceptors (Lipinski definition) is 6. The van der Waals surface area contributed by atoms with Crippen LogP contribution in [0.1, 0.15) is 20.8 Å². The van der Waals surface area contributed by atoms with Crippen LogP contribution in [-0.2, 0) is 0 Å². The highest BCUT2D eigenvalue weighted by molar-refractivity contribution is 7.13. The van der Waals surface area contributed by atoms with Gasteiger partial charge in [-0.1, -0.05) is 12.1 Å². The first kappa shape index (κ1) is 18.6. The Balaban J connectivity index is 1.60. The molecule has 2 aromatic carbocycles. The Hall–Kier alpha value is -3.78. The monoisotopic (exact) mass is 404 g/mol. The van der Waals surface area contributed by atoms with Crippen LogP contribution in [0, 0.1) is 0 Å². The van der Waals surface area contributed by atoms with E-state index in [9.17, 15) is 9.59 Å². The first-order valence-electron chi connectivity index (χ1n) is 8.73. The number of nitrogens with one attached hydrogen (secondary N) is 2. The summed E-state index contributed by atoms with van der Waals surface area (Å²) in [5, 5.41) is 9.34. The fourth-order valence-corrected chi connectivity index (χ4v) is 3.36. The van der Waals surface area contributed by atoms with E-state index in [1.165, 1.54) is 17.5 Å². The molecule has 2 N–H and O–H groups in total. The molecule has 4 aromatic rings. The molecule has 4 rings (SSSR count). The lowest BCUT2D eigenvalue weighted by molar-refractivity contribution is 0.0957. The second kappa shape index (κ2) is 8.07. The van der Waals surface area contributed by atoms with Gasteiger partial charge in [0.15, 0.2) is 5.13 Å². The number of carbonyl (C=O) groups excluding carboxylic acids is 2. The van der Waals surface area contributed by atoms with Crippen LogP contribution in [0.3, 0.4) is 0 Å². The Kier molecular flexibility index (Phi) is 5.17. The van der Waals surface area contributed by atoms with E-state index < -0.39 is 0 Å². The molecule has 7 nitrogen and oxygen atoms in total. The highest BCUT2D eigenvalue weighted by atomic mass is 32.1. The van der Waals surface area contributed by atoms with E-state index in [0.29, 0.717) is 22.2 Å². The van der Waals surface area contributed by atoms with E-state index in [-0.39, 0.29) is 17.5 Å². The number of pyridine rings is 1. The van der Waals surface area contributed by atoms with Crippen LogP contribution in [-0.4, -0.2) is 28.8 Å². The molecule has 0 saturated carbocycles. The average Bonchev–Trinajstić information content (AvgIpc) is 3.25. The van der Waals surface area contributed by atoms with Crippen molar-refractivity contribution in [2.45, 2.75) is 0 Å². The standard InChI is InChI=1S/C21H16N4O3S/c1-22-20(27)18-12-15(7-8-23-18)28-14-5-6-16-13(11-14)3-2-4-17(16)19(26)25-21-24-9-10-29-21/h2-12H,1H3,(H,22,27)(H,24,25,26). The molecule has 29 heavy (non-hydrogen) atoms. The maximum Gasteiger partial charge on any atom is 0.269 e. The number of thiazole rings is 1. The van der Waals surface area contributed by atoms with Gasteiger partial charge in [0.1, 0.15) is 17.2 Å². The van der Waals surface area contributed by atoms with E-state index in [1.807, 2.05) is 24.3 Å². The molecule has 8 heteroatoms. The molecule has 2 aromatic heterocycles. The van der Waals surface area contributed by atoms with Crippen LogP contribution < -0.4 is 15.4 Å². The molecule has 2 heterocycles. The quantitative estimate of drug-likeness (QED) is 0.522. The lowest BCUT2D eigenvalue weighted by atomic mass is 10.0. The van der Waals surface area contributed by atoms with Crippen molar-refractivity contribution in [3.05, 3.63) is 77.6 Å². The largest absolute Gasteiger partial charge is 0.457 e. The summed E-state index contributed by atoms with van der Waals surface area (Å²) in [5.74, 6) is 0.577. The van der Waals surface area contributed by atoms with Gasteiger partial charge >= 0.3 is 0 Å². The summed E-state index contributed by atoms with van der Waals surface area (Å²) in [5.41, 5.74) is 0.821. The molecular weight excluding hydrogens is 388 g/mol. The molecule has 0 atom stereocenters. The maximum absolute atomic E-state index is 12.6. The predicted octanol–water partition coefficient (Wildman–Crippen LogP) is 4.10. The third-order valence-electron chi connectivity index (χ3n) is 4.18. The van der Waals surface area contributed by atoms with Gasteiger partial charge in [-0.15, -0.1) is 11.3 Å². The molecule has 144 valence electrons. The average molecular weight is 404 g/mol. The zero-order chi connectivity index (χ0) is 20.2. The van der Waals surface area contributed by atoms with Gasteiger partial charge < -0.3 is 10.1 Å². The molecule has 0 unspecified atom stereocenters. The number of aromatic nitrogens is 2. The second-order valence-electron chi connectivity index (χ2n) is 6.04. The summed E-state index contributed by atoms with van der Waals surface area (Å²) in [4.78, 5) is 32.5. The van der Waals surface area contributed by atoms with Crippen molar-refractivity contribution in [3.63, 3.8) is 0 Å². The maximum atomic E-state index is 12.6. The minimum atomic E-state index is -0.287. The fraction of sp³-hybridized carbons (Fsp3) is 0.0476. The number of nitrogens with zero attached hydrogens (tertiary/aromatic N) is 2. The SMILES string of the molecule is CNC(=O)c1cc(Oc2ccc3c(C(=O)Nc4nccs4)cccc3c2)ccn1. The lowest BCUT2D eigenvalue weighted by Crippen LogP contribution is -2.18. The Bertz CT molecular complexity index is 1190. The molecular formula is C21H16N4O3S. The number of anilines is 1. The Morgan fingerprint density at radius 3 is 2.62 bits per heavy atom. The fourth-order valence-electron chi connectivity index (χ4n) is 2.84. The normalized spacial score (nSPS) is 10.5.